The summed E-state index contributed by atoms with van der Waals surface area (Å²) in [5, 5.41) is 7.57. The highest BCUT2D eigenvalue weighted by atomic mass is 79.9. The van der Waals surface area contributed by atoms with Gasteiger partial charge >= 0.3 is 0 Å². The smallest absolute Gasteiger partial charge is 0.0944 e. The average molecular weight is 344 g/mol. The van der Waals surface area contributed by atoms with Gasteiger partial charge in [-0.25, -0.2) is 4.98 Å². The summed E-state index contributed by atoms with van der Waals surface area (Å²) in [5.41, 5.74) is 6.09. The number of nitrogens with one attached hydrogen (secondary N) is 1. The van der Waals surface area contributed by atoms with E-state index in [1.54, 1.807) is 11.3 Å². The van der Waals surface area contributed by atoms with Gasteiger partial charge in [0.25, 0.3) is 0 Å². The normalized spacial score (nSPS) is 12.9. The van der Waals surface area contributed by atoms with Crippen molar-refractivity contribution in [3.8, 4) is 0 Å². The summed E-state index contributed by atoms with van der Waals surface area (Å²) in [5.74, 6) is 5.66. The zero-order valence-electron chi connectivity index (χ0n) is 11.3. The van der Waals surface area contributed by atoms with Gasteiger partial charge in [0.05, 0.1) is 20.9 Å². The molecule has 7 heteroatoms. The van der Waals surface area contributed by atoms with E-state index < -0.39 is 0 Å². The van der Waals surface area contributed by atoms with Gasteiger partial charge in [-0.3, -0.25) is 16.0 Å². The molecule has 0 fully saturated rings. The Hall–Kier alpha value is -0.760. The molecule has 5 nitrogen and oxygen atoms in total. The molecule has 0 saturated carbocycles. The Morgan fingerprint density at radius 3 is 2.68 bits per heavy atom. The summed E-state index contributed by atoms with van der Waals surface area (Å²) < 4.78 is 2.96. The fraction of sp³-hybridized carbons (Fsp3) is 0.500. The van der Waals surface area contributed by atoms with E-state index in [4.69, 9.17) is 5.84 Å². The lowest BCUT2D eigenvalue weighted by atomic mass is 10.1. The van der Waals surface area contributed by atoms with Gasteiger partial charge in [-0.2, -0.15) is 5.10 Å². The highest BCUT2D eigenvalue weighted by Gasteiger charge is 2.17. The molecule has 1 unspecified atom stereocenters. The van der Waals surface area contributed by atoms with Crippen molar-refractivity contribution >= 4 is 27.3 Å². The van der Waals surface area contributed by atoms with E-state index in [0.29, 0.717) is 0 Å². The highest BCUT2D eigenvalue weighted by Crippen LogP contribution is 2.22. The average Bonchev–Trinajstić information content (AvgIpc) is 2.87. The first-order chi connectivity index (χ1) is 9.01. The Bertz CT molecular complexity index is 562. The van der Waals surface area contributed by atoms with Crippen LogP contribution in [-0.4, -0.2) is 20.8 Å². The molecule has 104 valence electrons. The molecule has 0 amide bonds. The van der Waals surface area contributed by atoms with Gasteiger partial charge in [-0.15, -0.1) is 11.3 Å². The molecule has 0 bridgehead atoms. The molecule has 2 aromatic rings. The monoisotopic (exact) mass is 343 g/mol. The van der Waals surface area contributed by atoms with E-state index in [9.17, 15) is 0 Å². The molecule has 0 saturated heterocycles. The molecule has 0 spiro atoms. The Balaban J connectivity index is 2.10. The molecule has 3 N–H and O–H groups in total. The predicted octanol–water partition coefficient (Wildman–Crippen LogP) is 1.87. The maximum absolute atomic E-state index is 5.66. The summed E-state index contributed by atoms with van der Waals surface area (Å²) in [6.45, 7) is 3.99. The van der Waals surface area contributed by atoms with Crippen LogP contribution in [0.25, 0.3) is 0 Å². The summed E-state index contributed by atoms with van der Waals surface area (Å²) in [6, 6.07) is 0.150. The molecular weight excluding hydrogens is 326 g/mol. The van der Waals surface area contributed by atoms with Gasteiger partial charge in [0, 0.05) is 37.0 Å². The molecule has 2 heterocycles. The Labute approximate surface area is 125 Å². The lowest BCUT2D eigenvalue weighted by Gasteiger charge is -2.15. The maximum atomic E-state index is 5.66. The van der Waals surface area contributed by atoms with Crippen LogP contribution in [-0.2, 0) is 19.9 Å². The first-order valence-corrected chi connectivity index (χ1v) is 7.73. The van der Waals surface area contributed by atoms with E-state index >= 15 is 0 Å². The number of nitrogens with zero attached hydrogens (tertiary/aromatic N) is 3. The number of aryl methyl sites for hydroxylation is 3. The lowest BCUT2D eigenvalue weighted by Crippen LogP contribution is -2.39. The van der Waals surface area contributed by atoms with Crippen LogP contribution in [0.5, 0.6) is 0 Å². The molecule has 0 radical (unpaired) electrons. The van der Waals surface area contributed by atoms with Gasteiger partial charge < -0.3 is 0 Å². The van der Waals surface area contributed by atoms with Crippen molar-refractivity contribution in [3.05, 3.63) is 31.9 Å². The highest BCUT2D eigenvalue weighted by molar-refractivity contribution is 9.10. The molecule has 1 atom stereocenters. The van der Waals surface area contributed by atoms with Gasteiger partial charge in [-0.1, -0.05) is 0 Å². The summed E-state index contributed by atoms with van der Waals surface area (Å²) >= 11 is 5.26. The second-order valence-corrected chi connectivity index (χ2v) is 6.36. The second-order valence-electron chi connectivity index (χ2n) is 4.62. The van der Waals surface area contributed by atoms with Crippen molar-refractivity contribution in [2.45, 2.75) is 32.7 Å². The number of hydrogen-bond acceptors (Lipinski definition) is 5. The van der Waals surface area contributed by atoms with Crippen LogP contribution < -0.4 is 11.3 Å². The SMILES string of the molecule is Cc1csc(CC(Cc2c(Br)c(C)nn2C)NN)n1. The number of rotatable bonds is 5. The van der Waals surface area contributed by atoms with Crippen molar-refractivity contribution in [2.75, 3.05) is 0 Å². The van der Waals surface area contributed by atoms with Gasteiger partial charge in [0.2, 0.25) is 0 Å². The van der Waals surface area contributed by atoms with E-state index in [1.807, 2.05) is 25.6 Å². The van der Waals surface area contributed by atoms with Gasteiger partial charge in [0.1, 0.15) is 0 Å². The van der Waals surface area contributed by atoms with Crippen LogP contribution in [0.3, 0.4) is 0 Å². The summed E-state index contributed by atoms with van der Waals surface area (Å²) in [7, 11) is 1.95. The minimum atomic E-state index is 0.150. The fourth-order valence-corrected chi connectivity index (χ4v) is 3.38. The zero-order valence-corrected chi connectivity index (χ0v) is 13.7. The molecular formula is C12H18BrN5S. The minimum absolute atomic E-state index is 0.150. The van der Waals surface area contributed by atoms with E-state index in [0.717, 1.165) is 39.4 Å². The van der Waals surface area contributed by atoms with Crippen LogP contribution >= 0.6 is 27.3 Å². The molecule has 19 heavy (non-hydrogen) atoms. The van der Waals surface area contributed by atoms with Crippen molar-refractivity contribution in [3.63, 3.8) is 0 Å². The standard InChI is InChI=1S/C12H18BrN5S/c1-7-6-19-11(15-7)5-9(16-14)4-10-12(13)8(2)17-18(10)3/h6,9,16H,4-5,14H2,1-3H3. The number of aromatic nitrogens is 3. The Morgan fingerprint density at radius 1 is 1.47 bits per heavy atom. The van der Waals surface area contributed by atoms with Gasteiger partial charge in [-0.05, 0) is 29.8 Å². The summed E-state index contributed by atoms with van der Waals surface area (Å²) in [4.78, 5) is 4.48. The minimum Gasteiger partial charge on any atom is -0.271 e. The summed E-state index contributed by atoms with van der Waals surface area (Å²) in [6.07, 6.45) is 1.64. The van der Waals surface area contributed by atoms with E-state index in [2.05, 4.69) is 36.8 Å². The van der Waals surface area contributed by atoms with Crippen molar-refractivity contribution in [2.24, 2.45) is 12.9 Å². The Morgan fingerprint density at radius 2 is 2.21 bits per heavy atom. The first-order valence-electron chi connectivity index (χ1n) is 6.06. The van der Waals surface area contributed by atoms with Gasteiger partial charge in [0.15, 0.2) is 0 Å². The Kier molecular flexibility index (Phi) is 4.72. The third-order valence-corrected chi connectivity index (χ3v) is 5.05. The predicted molar refractivity (Wildman–Crippen MR) is 81.0 cm³/mol. The van der Waals surface area contributed by atoms with Crippen LogP contribution in [0, 0.1) is 13.8 Å². The lowest BCUT2D eigenvalue weighted by molar-refractivity contribution is 0.503. The number of halogens is 1. The van der Waals surface area contributed by atoms with Crippen molar-refractivity contribution in [1.29, 1.82) is 0 Å². The number of hydrogen-bond donors (Lipinski definition) is 2. The molecule has 0 aliphatic carbocycles. The van der Waals surface area contributed by atoms with Crippen molar-refractivity contribution < 1.29 is 0 Å². The zero-order chi connectivity index (χ0) is 14.0. The van der Waals surface area contributed by atoms with Crippen LogP contribution in [0.4, 0.5) is 0 Å². The topological polar surface area (TPSA) is 68.8 Å². The quantitative estimate of drug-likeness (QED) is 0.642. The van der Waals surface area contributed by atoms with E-state index in [-0.39, 0.29) is 6.04 Å². The first kappa shape index (κ1) is 14.6. The largest absolute Gasteiger partial charge is 0.271 e. The van der Waals surface area contributed by atoms with Crippen LogP contribution in [0.2, 0.25) is 0 Å². The second kappa shape index (κ2) is 6.13. The fourth-order valence-electron chi connectivity index (χ4n) is 2.03. The number of thiazole rings is 1. The van der Waals surface area contributed by atoms with Crippen molar-refractivity contribution in [1.82, 2.24) is 20.2 Å². The molecule has 2 aromatic heterocycles. The third-order valence-electron chi connectivity index (χ3n) is 3.02. The molecule has 2 rings (SSSR count). The molecule has 0 aromatic carbocycles. The van der Waals surface area contributed by atoms with Crippen LogP contribution in [0.1, 0.15) is 22.1 Å². The molecule has 0 aliphatic rings. The maximum Gasteiger partial charge on any atom is 0.0944 e. The number of nitrogens with two attached hydrogens (primary N) is 1. The van der Waals surface area contributed by atoms with Crippen LogP contribution in [0.15, 0.2) is 9.85 Å². The third kappa shape index (κ3) is 3.42. The number of hydrazine groups is 1. The van der Waals surface area contributed by atoms with E-state index in [1.165, 1.54) is 0 Å². The molecule has 0 aliphatic heterocycles.